The van der Waals surface area contributed by atoms with Crippen molar-refractivity contribution < 1.29 is 14.3 Å². The van der Waals surface area contributed by atoms with Gasteiger partial charge in [0.2, 0.25) is 0 Å². The van der Waals surface area contributed by atoms with E-state index in [0.29, 0.717) is 12.8 Å². The Morgan fingerprint density at radius 1 is 1.21 bits per heavy atom. The fourth-order valence-electron chi connectivity index (χ4n) is 1.68. The number of esters is 1. The Labute approximate surface area is 118 Å². The smallest absolute Gasteiger partial charge is 0.319 e. The van der Waals surface area contributed by atoms with Crippen LogP contribution in [0.2, 0.25) is 0 Å². The molecule has 4 heteroatoms. The highest BCUT2D eigenvalue weighted by Gasteiger charge is 2.18. The van der Waals surface area contributed by atoms with E-state index in [4.69, 9.17) is 4.74 Å². The number of Topliss-reactive ketones (excluding diaryl/α,β-unsaturated/α-hetero) is 1. The van der Waals surface area contributed by atoms with E-state index in [1.807, 2.05) is 38.1 Å². The minimum Gasteiger partial charge on any atom is -0.468 e. The molecule has 19 heavy (non-hydrogen) atoms. The maximum absolute atomic E-state index is 11.7. The molecule has 1 aromatic rings. The van der Waals surface area contributed by atoms with Crippen LogP contribution in [0.25, 0.3) is 0 Å². The fraction of sp³-hybridized carbons (Fsp3) is 0.467. The van der Waals surface area contributed by atoms with E-state index < -0.39 is 0 Å². The Balaban J connectivity index is 2.71. The minimum atomic E-state index is -0.210. The highest BCUT2D eigenvalue weighted by atomic mass is 32.2. The Morgan fingerprint density at radius 3 is 2.32 bits per heavy atom. The number of rotatable bonds is 7. The van der Waals surface area contributed by atoms with Gasteiger partial charge in [-0.2, -0.15) is 0 Å². The van der Waals surface area contributed by atoms with E-state index in [1.165, 1.54) is 18.9 Å². The summed E-state index contributed by atoms with van der Waals surface area (Å²) in [7, 11) is 1.40. The zero-order valence-corrected chi connectivity index (χ0v) is 12.5. The van der Waals surface area contributed by atoms with Crippen molar-refractivity contribution in [2.45, 2.75) is 43.3 Å². The normalized spacial score (nSPS) is 11.9. The van der Waals surface area contributed by atoms with Crippen LogP contribution in [0.5, 0.6) is 0 Å². The highest BCUT2D eigenvalue weighted by Crippen LogP contribution is 2.26. The van der Waals surface area contributed by atoms with Crippen LogP contribution in [-0.2, 0) is 9.53 Å². The largest absolute Gasteiger partial charge is 0.468 e. The van der Waals surface area contributed by atoms with E-state index in [1.54, 1.807) is 0 Å². The molecule has 1 unspecified atom stereocenters. The molecule has 0 saturated heterocycles. The van der Waals surface area contributed by atoms with Gasteiger partial charge in [-0.1, -0.05) is 26.0 Å². The Hall–Kier alpha value is -1.29. The van der Waals surface area contributed by atoms with Crippen LogP contribution in [0.1, 0.15) is 43.5 Å². The summed E-state index contributed by atoms with van der Waals surface area (Å²) in [6.45, 7) is 3.94. The van der Waals surface area contributed by atoms with Crippen LogP contribution in [0.15, 0.2) is 29.2 Å². The van der Waals surface area contributed by atoms with Crippen LogP contribution < -0.4 is 0 Å². The first-order valence-electron chi connectivity index (χ1n) is 6.50. The molecule has 0 radical (unpaired) electrons. The van der Waals surface area contributed by atoms with E-state index in [0.717, 1.165) is 16.9 Å². The molecule has 0 amide bonds. The van der Waals surface area contributed by atoms with Crippen molar-refractivity contribution in [3.63, 3.8) is 0 Å². The molecule has 0 bridgehead atoms. The second kappa shape index (κ2) is 8.00. The molecule has 3 nitrogen and oxygen atoms in total. The highest BCUT2D eigenvalue weighted by molar-refractivity contribution is 8.00. The number of thioether (sulfide) groups is 1. The molecule has 0 saturated carbocycles. The first-order valence-corrected chi connectivity index (χ1v) is 7.38. The molecule has 0 heterocycles. The standard InChI is InChI=1S/C15H20O3S/c1-4-6-13(16)11-7-9-12(10-8-11)19-14(5-2)15(17)18-3/h7-10,14H,4-6H2,1-3H3. The first kappa shape index (κ1) is 15.8. The van der Waals surface area contributed by atoms with E-state index in [9.17, 15) is 9.59 Å². The predicted molar refractivity (Wildman–Crippen MR) is 77.6 cm³/mol. The second-order valence-electron chi connectivity index (χ2n) is 4.24. The summed E-state index contributed by atoms with van der Waals surface area (Å²) in [4.78, 5) is 24.2. The number of ether oxygens (including phenoxy) is 1. The van der Waals surface area contributed by atoms with Crippen molar-refractivity contribution >= 4 is 23.5 Å². The maximum atomic E-state index is 11.7. The molecule has 0 fully saturated rings. The topological polar surface area (TPSA) is 43.4 Å². The summed E-state index contributed by atoms with van der Waals surface area (Å²) in [5.74, 6) is -0.0438. The first-order chi connectivity index (χ1) is 9.12. The quantitative estimate of drug-likeness (QED) is 0.434. The zero-order valence-electron chi connectivity index (χ0n) is 11.6. The van der Waals surface area contributed by atoms with Gasteiger partial charge < -0.3 is 4.74 Å². The minimum absolute atomic E-state index is 0.166. The number of benzene rings is 1. The SMILES string of the molecule is CCCC(=O)c1ccc(SC(CC)C(=O)OC)cc1. The molecule has 0 N–H and O–H groups in total. The van der Waals surface area contributed by atoms with Gasteiger partial charge in [-0.25, -0.2) is 0 Å². The van der Waals surface area contributed by atoms with Crippen LogP contribution >= 0.6 is 11.8 Å². The van der Waals surface area contributed by atoms with Crippen LogP contribution in [-0.4, -0.2) is 24.1 Å². The van der Waals surface area contributed by atoms with Gasteiger partial charge in [0.15, 0.2) is 5.78 Å². The van der Waals surface area contributed by atoms with Gasteiger partial charge in [0, 0.05) is 16.9 Å². The van der Waals surface area contributed by atoms with Gasteiger partial charge in [-0.15, -0.1) is 11.8 Å². The van der Waals surface area contributed by atoms with Gasteiger partial charge in [-0.3, -0.25) is 9.59 Å². The molecular weight excluding hydrogens is 260 g/mol. The fourth-order valence-corrected chi connectivity index (χ4v) is 2.67. The summed E-state index contributed by atoms with van der Waals surface area (Å²) in [5, 5.41) is -0.192. The van der Waals surface area contributed by atoms with Crippen molar-refractivity contribution in [2.24, 2.45) is 0 Å². The molecule has 1 aromatic carbocycles. The molecular formula is C15H20O3S. The summed E-state index contributed by atoms with van der Waals surface area (Å²) in [6, 6.07) is 7.42. The summed E-state index contributed by atoms with van der Waals surface area (Å²) >= 11 is 1.47. The van der Waals surface area contributed by atoms with Gasteiger partial charge in [0.25, 0.3) is 0 Å². The molecule has 0 spiro atoms. The third kappa shape index (κ3) is 4.71. The van der Waals surface area contributed by atoms with Crippen molar-refractivity contribution in [1.82, 2.24) is 0 Å². The third-order valence-electron chi connectivity index (χ3n) is 2.77. The van der Waals surface area contributed by atoms with Crippen LogP contribution in [0.4, 0.5) is 0 Å². The number of hydrogen-bond donors (Lipinski definition) is 0. The van der Waals surface area contributed by atoms with Crippen molar-refractivity contribution in [3.8, 4) is 0 Å². The van der Waals surface area contributed by atoms with Crippen LogP contribution in [0.3, 0.4) is 0 Å². The zero-order chi connectivity index (χ0) is 14.3. The van der Waals surface area contributed by atoms with Gasteiger partial charge >= 0.3 is 5.97 Å². The Kier molecular flexibility index (Phi) is 6.64. The monoisotopic (exact) mass is 280 g/mol. The molecule has 1 rings (SSSR count). The number of carbonyl (C=O) groups excluding carboxylic acids is 2. The number of ketones is 1. The lowest BCUT2D eigenvalue weighted by atomic mass is 10.1. The van der Waals surface area contributed by atoms with E-state index in [2.05, 4.69) is 0 Å². The summed E-state index contributed by atoms with van der Waals surface area (Å²) in [5.41, 5.74) is 0.734. The summed E-state index contributed by atoms with van der Waals surface area (Å²) in [6.07, 6.45) is 2.15. The van der Waals surface area contributed by atoms with Gasteiger partial charge in [-0.05, 0) is 25.0 Å². The van der Waals surface area contributed by atoms with Crippen molar-refractivity contribution in [2.75, 3.05) is 7.11 Å². The van der Waals surface area contributed by atoms with Crippen LogP contribution in [0, 0.1) is 0 Å². The van der Waals surface area contributed by atoms with Gasteiger partial charge in [0.1, 0.15) is 5.25 Å². The Bertz CT molecular complexity index is 426. The lowest BCUT2D eigenvalue weighted by molar-refractivity contribution is -0.140. The van der Waals surface area contributed by atoms with Crippen molar-refractivity contribution in [3.05, 3.63) is 29.8 Å². The molecule has 0 aliphatic rings. The third-order valence-corrected chi connectivity index (χ3v) is 4.12. The molecule has 104 valence electrons. The molecule has 1 atom stereocenters. The second-order valence-corrected chi connectivity index (χ2v) is 5.51. The van der Waals surface area contributed by atoms with E-state index >= 15 is 0 Å². The van der Waals surface area contributed by atoms with Crippen molar-refractivity contribution in [1.29, 1.82) is 0 Å². The molecule has 0 aromatic heterocycles. The maximum Gasteiger partial charge on any atom is 0.319 e. The average molecular weight is 280 g/mol. The number of methoxy groups -OCH3 is 1. The Morgan fingerprint density at radius 2 is 1.84 bits per heavy atom. The van der Waals surface area contributed by atoms with E-state index in [-0.39, 0.29) is 17.0 Å². The lowest BCUT2D eigenvalue weighted by Gasteiger charge is -2.12. The predicted octanol–water partition coefficient (Wildman–Crippen LogP) is 3.71. The number of hydrogen-bond acceptors (Lipinski definition) is 4. The molecule has 0 aliphatic heterocycles. The average Bonchev–Trinajstić information content (AvgIpc) is 2.44. The summed E-state index contributed by atoms with van der Waals surface area (Å²) < 4.78 is 4.76. The van der Waals surface area contributed by atoms with Gasteiger partial charge in [0.05, 0.1) is 7.11 Å². The lowest BCUT2D eigenvalue weighted by Crippen LogP contribution is -2.17. The number of carbonyl (C=O) groups is 2. The molecule has 0 aliphatic carbocycles.